The van der Waals surface area contributed by atoms with Gasteiger partial charge in [-0.05, 0) is 12.5 Å². The molecule has 1 amide bonds. The maximum absolute atomic E-state index is 11.3. The summed E-state index contributed by atoms with van der Waals surface area (Å²) in [4.78, 5) is 13.1. The third-order valence-corrected chi connectivity index (χ3v) is 2.16. The number of amides is 1. The van der Waals surface area contributed by atoms with Crippen molar-refractivity contribution < 1.29 is 9.53 Å². The Morgan fingerprint density at radius 3 is 3.17 bits per heavy atom. The lowest BCUT2D eigenvalue weighted by atomic mass is 10.2. The molecule has 1 atom stereocenters. The number of rotatable bonds is 2. The highest BCUT2D eigenvalue weighted by Gasteiger charge is 2.23. The van der Waals surface area contributed by atoms with Gasteiger partial charge in [0.2, 0.25) is 5.91 Å². The molecule has 0 aromatic carbocycles. The van der Waals surface area contributed by atoms with E-state index in [-0.39, 0.29) is 11.9 Å². The van der Waals surface area contributed by atoms with Crippen molar-refractivity contribution in [1.82, 2.24) is 4.90 Å². The van der Waals surface area contributed by atoms with Gasteiger partial charge in [-0.25, -0.2) is 0 Å². The van der Waals surface area contributed by atoms with Gasteiger partial charge in [0.15, 0.2) is 0 Å². The zero-order chi connectivity index (χ0) is 8.97. The van der Waals surface area contributed by atoms with Gasteiger partial charge in [0, 0.05) is 6.54 Å². The van der Waals surface area contributed by atoms with Crippen LogP contribution in [0.25, 0.3) is 0 Å². The normalized spacial score (nSPS) is 23.8. The van der Waals surface area contributed by atoms with Crippen LogP contribution in [0, 0.1) is 0 Å². The van der Waals surface area contributed by atoms with E-state index in [4.69, 9.17) is 4.74 Å². The third-order valence-electron chi connectivity index (χ3n) is 2.16. The zero-order valence-corrected chi connectivity index (χ0v) is 7.45. The van der Waals surface area contributed by atoms with Crippen molar-refractivity contribution in [2.24, 2.45) is 0 Å². The molecule has 0 spiro atoms. The van der Waals surface area contributed by atoms with E-state index in [9.17, 15) is 4.79 Å². The molecule has 0 N–H and O–H groups in total. The van der Waals surface area contributed by atoms with Gasteiger partial charge in [0.25, 0.3) is 0 Å². The zero-order valence-electron chi connectivity index (χ0n) is 7.45. The maximum atomic E-state index is 11.3. The molecular weight excluding hydrogens is 154 g/mol. The molecule has 3 heteroatoms. The monoisotopic (exact) mass is 169 g/mol. The minimum Gasteiger partial charge on any atom is -0.377 e. The second kappa shape index (κ2) is 4.26. The first kappa shape index (κ1) is 9.26. The van der Waals surface area contributed by atoms with Crippen LogP contribution in [0.2, 0.25) is 0 Å². The van der Waals surface area contributed by atoms with Crippen molar-refractivity contribution in [3.8, 4) is 0 Å². The minimum absolute atomic E-state index is 0.0187. The van der Waals surface area contributed by atoms with Crippen molar-refractivity contribution in [2.45, 2.75) is 19.4 Å². The highest BCUT2D eigenvalue weighted by molar-refractivity contribution is 5.87. The largest absolute Gasteiger partial charge is 0.377 e. The molecule has 0 aliphatic carbocycles. The molecule has 0 aromatic heterocycles. The van der Waals surface area contributed by atoms with E-state index < -0.39 is 0 Å². The molecule has 1 heterocycles. The van der Waals surface area contributed by atoms with E-state index in [1.54, 1.807) is 0 Å². The summed E-state index contributed by atoms with van der Waals surface area (Å²) in [5.41, 5.74) is 0. The summed E-state index contributed by atoms with van der Waals surface area (Å²) < 4.78 is 5.27. The first-order chi connectivity index (χ1) is 5.79. The number of carbonyl (C=O) groups is 1. The van der Waals surface area contributed by atoms with Crippen molar-refractivity contribution in [1.29, 1.82) is 0 Å². The Kier molecular flexibility index (Phi) is 3.29. The van der Waals surface area contributed by atoms with E-state index in [1.165, 1.54) is 6.08 Å². The first-order valence-electron chi connectivity index (χ1n) is 4.30. The summed E-state index contributed by atoms with van der Waals surface area (Å²) in [6, 6.07) is 0.240. The van der Waals surface area contributed by atoms with E-state index in [0.29, 0.717) is 19.8 Å². The van der Waals surface area contributed by atoms with Crippen LogP contribution in [0.3, 0.4) is 0 Å². The summed E-state index contributed by atoms with van der Waals surface area (Å²) in [7, 11) is 0. The van der Waals surface area contributed by atoms with Crippen LogP contribution in [0.1, 0.15) is 13.3 Å². The molecule has 1 fully saturated rings. The molecule has 68 valence electrons. The second-order valence-corrected chi connectivity index (χ2v) is 2.87. The molecule has 0 radical (unpaired) electrons. The summed E-state index contributed by atoms with van der Waals surface area (Å²) in [5.74, 6) is 0.0187. The van der Waals surface area contributed by atoms with Crippen LogP contribution in [-0.2, 0) is 9.53 Å². The Morgan fingerprint density at radius 1 is 1.83 bits per heavy atom. The van der Waals surface area contributed by atoms with Crippen LogP contribution in [0.5, 0.6) is 0 Å². The van der Waals surface area contributed by atoms with Gasteiger partial charge in [-0.3, -0.25) is 4.79 Å². The molecule has 0 saturated carbocycles. The van der Waals surface area contributed by atoms with E-state index in [0.717, 1.165) is 6.42 Å². The quantitative estimate of drug-likeness (QED) is 0.572. The highest BCUT2D eigenvalue weighted by Crippen LogP contribution is 2.10. The molecular formula is C9H15NO2. The van der Waals surface area contributed by atoms with Gasteiger partial charge in [-0.15, -0.1) is 0 Å². The predicted molar refractivity (Wildman–Crippen MR) is 46.8 cm³/mol. The molecule has 12 heavy (non-hydrogen) atoms. The summed E-state index contributed by atoms with van der Waals surface area (Å²) in [6.07, 6.45) is 2.31. The molecule has 0 unspecified atom stereocenters. The Balaban J connectivity index is 2.58. The van der Waals surface area contributed by atoms with Gasteiger partial charge in [0.1, 0.15) is 0 Å². The van der Waals surface area contributed by atoms with E-state index >= 15 is 0 Å². The van der Waals surface area contributed by atoms with Gasteiger partial charge in [0.05, 0.1) is 19.3 Å². The van der Waals surface area contributed by atoms with Crippen LogP contribution < -0.4 is 0 Å². The Morgan fingerprint density at radius 2 is 2.58 bits per heavy atom. The molecule has 0 bridgehead atoms. The molecule has 1 rings (SSSR count). The first-order valence-corrected chi connectivity index (χ1v) is 4.30. The fourth-order valence-electron chi connectivity index (χ4n) is 1.40. The summed E-state index contributed by atoms with van der Waals surface area (Å²) >= 11 is 0. The second-order valence-electron chi connectivity index (χ2n) is 2.87. The number of nitrogens with zero attached hydrogens (tertiary/aromatic N) is 1. The minimum atomic E-state index is 0.0187. The topological polar surface area (TPSA) is 29.5 Å². The number of hydrogen-bond acceptors (Lipinski definition) is 2. The molecule has 3 nitrogen and oxygen atoms in total. The van der Waals surface area contributed by atoms with Gasteiger partial charge >= 0.3 is 0 Å². The van der Waals surface area contributed by atoms with Crippen molar-refractivity contribution in [3.63, 3.8) is 0 Å². The third kappa shape index (κ3) is 1.85. The number of ether oxygens (including phenoxy) is 1. The number of carbonyl (C=O) groups excluding carboxylic acids is 1. The Labute approximate surface area is 73.0 Å². The number of morpholine rings is 1. The average molecular weight is 169 g/mol. The van der Waals surface area contributed by atoms with Crippen molar-refractivity contribution in [2.75, 3.05) is 19.8 Å². The molecule has 1 aliphatic rings. The van der Waals surface area contributed by atoms with Crippen molar-refractivity contribution >= 4 is 5.91 Å². The van der Waals surface area contributed by atoms with Gasteiger partial charge < -0.3 is 9.64 Å². The fraction of sp³-hybridized carbons (Fsp3) is 0.667. The lowest BCUT2D eigenvalue weighted by Crippen LogP contribution is -2.47. The lowest BCUT2D eigenvalue weighted by molar-refractivity contribution is -0.134. The Hall–Kier alpha value is -0.830. The van der Waals surface area contributed by atoms with Crippen molar-refractivity contribution in [3.05, 3.63) is 12.7 Å². The van der Waals surface area contributed by atoms with Crippen LogP contribution in [0.4, 0.5) is 0 Å². The van der Waals surface area contributed by atoms with Crippen LogP contribution in [0.15, 0.2) is 12.7 Å². The molecule has 1 aliphatic heterocycles. The SMILES string of the molecule is C=CC(=O)N1CCOC[C@@H]1CC. The van der Waals surface area contributed by atoms with E-state index in [1.807, 2.05) is 4.90 Å². The Bertz CT molecular complexity index is 179. The predicted octanol–water partition coefficient (Wildman–Crippen LogP) is 0.810. The average Bonchev–Trinajstić information content (AvgIpc) is 2.16. The summed E-state index contributed by atoms with van der Waals surface area (Å²) in [5, 5.41) is 0. The number of hydrogen-bond donors (Lipinski definition) is 0. The van der Waals surface area contributed by atoms with Gasteiger partial charge in [-0.2, -0.15) is 0 Å². The van der Waals surface area contributed by atoms with Gasteiger partial charge in [-0.1, -0.05) is 13.5 Å². The van der Waals surface area contributed by atoms with Crippen LogP contribution >= 0.6 is 0 Å². The summed E-state index contributed by atoms with van der Waals surface area (Å²) in [6.45, 7) is 7.54. The lowest BCUT2D eigenvalue weighted by Gasteiger charge is -2.34. The fourth-order valence-corrected chi connectivity index (χ4v) is 1.40. The smallest absolute Gasteiger partial charge is 0.246 e. The maximum Gasteiger partial charge on any atom is 0.246 e. The molecule has 1 saturated heterocycles. The molecule has 0 aromatic rings. The highest BCUT2D eigenvalue weighted by atomic mass is 16.5. The van der Waals surface area contributed by atoms with Crippen LogP contribution in [-0.4, -0.2) is 36.6 Å². The standard InChI is InChI=1S/C9H15NO2/c1-3-8-7-12-6-5-10(8)9(11)4-2/h4,8H,2-3,5-7H2,1H3/t8-/m0/s1. The van der Waals surface area contributed by atoms with E-state index in [2.05, 4.69) is 13.5 Å².